The van der Waals surface area contributed by atoms with Crippen LogP contribution < -0.4 is 17.0 Å². The fraction of sp³-hybridized carbons (Fsp3) is 0.353. The van der Waals surface area contributed by atoms with Crippen LogP contribution >= 0.6 is 11.8 Å². The molecule has 1 rings (SSSR count). The molecule has 5 N–H and O–H groups in total. The molecule has 0 aromatic heterocycles. The van der Waals surface area contributed by atoms with Crippen molar-refractivity contribution < 1.29 is 9.53 Å². The van der Waals surface area contributed by atoms with Gasteiger partial charge in [-0.1, -0.05) is 43.5 Å². The van der Waals surface area contributed by atoms with Crippen LogP contribution in [0.5, 0.6) is 0 Å². The Bertz CT molecular complexity index is 630. The van der Waals surface area contributed by atoms with Crippen molar-refractivity contribution in [1.29, 1.82) is 0 Å². The SMILES string of the molecule is CCOC(=O)/C(N)=C(/NN)Sc1cccc(C#CCC(C)C)c1. The van der Waals surface area contributed by atoms with Gasteiger partial charge < -0.3 is 15.9 Å². The predicted molar refractivity (Wildman–Crippen MR) is 93.8 cm³/mol. The second-order valence-corrected chi connectivity index (χ2v) is 6.22. The van der Waals surface area contributed by atoms with E-state index in [0.29, 0.717) is 10.9 Å². The first kappa shape index (κ1) is 18.9. The molecule has 124 valence electrons. The molecule has 0 heterocycles. The minimum Gasteiger partial charge on any atom is -0.461 e. The standard InChI is InChI=1S/C17H23N3O2S/c1-4-22-17(21)15(18)16(20-19)23-14-10-6-9-13(11-14)8-5-7-12(2)3/h6,9-12,20H,4,7,18-19H2,1-3H3/b16-15+. The molecule has 23 heavy (non-hydrogen) atoms. The summed E-state index contributed by atoms with van der Waals surface area (Å²) in [4.78, 5) is 12.5. The topological polar surface area (TPSA) is 90.4 Å². The zero-order valence-corrected chi connectivity index (χ0v) is 14.5. The minimum absolute atomic E-state index is 0.0457. The summed E-state index contributed by atoms with van der Waals surface area (Å²) in [6.45, 7) is 6.22. The molecule has 0 spiro atoms. The molecule has 6 heteroatoms. The van der Waals surface area contributed by atoms with Gasteiger partial charge in [-0.2, -0.15) is 0 Å². The molecule has 5 nitrogen and oxygen atoms in total. The van der Waals surface area contributed by atoms with E-state index in [1.54, 1.807) is 6.92 Å². The number of nitrogens with two attached hydrogens (primary N) is 2. The van der Waals surface area contributed by atoms with Crippen molar-refractivity contribution in [1.82, 2.24) is 5.43 Å². The van der Waals surface area contributed by atoms with E-state index in [0.717, 1.165) is 16.9 Å². The molecule has 1 aromatic carbocycles. The third-order valence-electron chi connectivity index (χ3n) is 2.67. The highest BCUT2D eigenvalue weighted by Gasteiger charge is 2.13. The summed E-state index contributed by atoms with van der Waals surface area (Å²) in [5.41, 5.74) is 9.08. The Balaban J connectivity index is 2.92. The van der Waals surface area contributed by atoms with Gasteiger partial charge in [0.1, 0.15) is 10.7 Å². The quantitative estimate of drug-likeness (QED) is 0.185. The molecule has 0 saturated heterocycles. The molecule has 0 unspecified atom stereocenters. The van der Waals surface area contributed by atoms with E-state index < -0.39 is 5.97 Å². The number of thioether (sulfide) groups is 1. The minimum atomic E-state index is -0.596. The van der Waals surface area contributed by atoms with Crippen molar-refractivity contribution in [3.05, 3.63) is 40.6 Å². The van der Waals surface area contributed by atoms with Gasteiger partial charge in [0.25, 0.3) is 0 Å². The van der Waals surface area contributed by atoms with Crippen molar-refractivity contribution in [2.75, 3.05) is 6.61 Å². The first-order valence-corrected chi connectivity index (χ1v) is 8.19. The Hall–Kier alpha value is -2.10. The van der Waals surface area contributed by atoms with Crippen molar-refractivity contribution in [3.8, 4) is 11.8 Å². The number of hydrogen-bond donors (Lipinski definition) is 3. The molecule has 0 aliphatic heterocycles. The third kappa shape index (κ3) is 6.68. The van der Waals surface area contributed by atoms with Crippen LogP contribution in [-0.4, -0.2) is 12.6 Å². The summed E-state index contributed by atoms with van der Waals surface area (Å²) in [6, 6.07) is 7.66. The zero-order valence-electron chi connectivity index (χ0n) is 13.7. The number of carbonyl (C=O) groups is 1. The van der Waals surface area contributed by atoms with E-state index >= 15 is 0 Å². The summed E-state index contributed by atoms with van der Waals surface area (Å²) >= 11 is 1.25. The fourth-order valence-electron chi connectivity index (χ4n) is 1.58. The van der Waals surface area contributed by atoms with Crippen molar-refractivity contribution in [2.24, 2.45) is 17.5 Å². The van der Waals surface area contributed by atoms with Gasteiger partial charge in [-0.25, -0.2) is 10.6 Å². The lowest BCUT2D eigenvalue weighted by molar-refractivity contribution is -0.138. The van der Waals surface area contributed by atoms with Gasteiger partial charge in [-0.15, -0.1) is 0 Å². The highest BCUT2D eigenvalue weighted by molar-refractivity contribution is 8.03. The Labute approximate surface area is 141 Å². The van der Waals surface area contributed by atoms with Crippen LogP contribution in [0.1, 0.15) is 32.8 Å². The monoisotopic (exact) mass is 333 g/mol. The zero-order chi connectivity index (χ0) is 17.2. The summed E-state index contributed by atoms with van der Waals surface area (Å²) < 4.78 is 4.87. The molecular formula is C17H23N3O2S. The van der Waals surface area contributed by atoms with Gasteiger partial charge >= 0.3 is 5.97 Å². The van der Waals surface area contributed by atoms with Gasteiger partial charge in [-0.3, -0.25) is 0 Å². The van der Waals surface area contributed by atoms with E-state index in [-0.39, 0.29) is 12.3 Å². The normalized spacial score (nSPS) is 11.3. The molecule has 0 saturated carbocycles. The summed E-state index contributed by atoms with van der Waals surface area (Å²) in [6.07, 6.45) is 0.850. The van der Waals surface area contributed by atoms with Gasteiger partial charge in [0, 0.05) is 16.9 Å². The highest BCUT2D eigenvalue weighted by atomic mass is 32.2. The van der Waals surface area contributed by atoms with E-state index in [1.165, 1.54) is 11.8 Å². The largest absolute Gasteiger partial charge is 0.461 e. The van der Waals surface area contributed by atoms with Crippen LogP contribution in [0.4, 0.5) is 0 Å². The third-order valence-corrected chi connectivity index (χ3v) is 3.70. The lowest BCUT2D eigenvalue weighted by atomic mass is 10.1. The molecule has 1 aromatic rings. The second-order valence-electron chi connectivity index (χ2n) is 5.14. The lowest BCUT2D eigenvalue weighted by Crippen LogP contribution is -2.27. The Morgan fingerprint density at radius 2 is 2.17 bits per heavy atom. The van der Waals surface area contributed by atoms with E-state index in [2.05, 4.69) is 31.1 Å². The second kappa shape index (κ2) is 9.82. The van der Waals surface area contributed by atoms with Crippen LogP contribution in [0, 0.1) is 17.8 Å². The Morgan fingerprint density at radius 1 is 1.43 bits per heavy atom. The number of carbonyl (C=O) groups excluding carboxylic acids is 1. The van der Waals surface area contributed by atoms with Crippen LogP contribution in [0.15, 0.2) is 39.9 Å². The van der Waals surface area contributed by atoms with Crippen LogP contribution in [0.2, 0.25) is 0 Å². The maximum atomic E-state index is 11.7. The summed E-state index contributed by atoms with van der Waals surface area (Å²) in [5.74, 6) is 11.7. The summed E-state index contributed by atoms with van der Waals surface area (Å²) in [7, 11) is 0. The van der Waals surface area contributed by atoms with E-state index in [4.69, 9.17) is 16.3 Å². The van der Waals surface area contributed by atoms with E-state index in [9.17, 15) is 4.79 Å². The smallest absolute Gasteiger partial charge is 0.356 e. The number of benzene rings is 1. The van der Waals surface area contributed by atoms with Gasteiger partial charge in [0.2, 0.25) is 0 Å². The highest BCUT2D eigenvalue weighted by Crippen LogP contribution is 2.26. The molecule has 0 bridgehead atoms. The molecule has 0 atom stereocenters. The number of ether oxygens (including phenoxy) is 1. The first-order valence-electron chi connectivity index (χ1n) is 7.38. The predicted octanol–water partition coefficient (Wildman–Crippen LogP) is 2.33. The molecular weight excluding hydrogens is 310 g/mol. The average molecular weight is 333 g/mol. The van der Waals surface area contributed by atoms with Crippen LogP contribution in [0.3, 0.4) is 0 Å². The van der Waals surface area contributed by atoms with Crippen LogP contribution in [0.25, 0.3) is 0 Å². The maximum Gasteiger partial charge on any atom is 0.356 e. The van der Waals surface area contributed by atoms with Gasteiger partial charge in [0.05, 0.1) is 6.61 Å². The van der Waals surface area contributed by atoms with E-state index in [1.807, 2.05) is 24.3 Å². The molecule has 0 radical (unpaired) electrons. The number of nitrogens with one attached hydrogen (secondary N) is 1. The van der Waals surface area contributed by atoms with Crippen molar-refractivity contribution in [2.45, 2.75) is 32.1 Å². The Morgan fingerprint density at radius 3 is 2.78 bits per heavy atom. The number of esters is 1. The number of hydrogen-bond acceptors (Lipinski definition) is 6. The number of hydrazine groups is 1. The fourth-order valence-corrected chi connectivity index (χ4v) is 2.40. The first-order chi connectivity index (χ1) is 11.0. The molecule has 0 fully saturated rings. The van der Waals surface area contributed by atoms with Gasteiger partial charge in [-0.05, 0) is 31.0 Å². The average Bonchev–Trinajstić information content (AvgIpc) is 2.52. The molecule has 0 aliphatic carbocycles. The van der Waals surface area contributed by atoms with Crippen LogP contribution in [-0.2, 0) is 9.53 Å². The molecule has 0 aliphatic rings. The van der Waals surface area contributed by atoms with Gasteiger partial charge in [0.15, 0.2) is 0 Å². The van der Waals surface area contributed by atoms with Crippen molar-refractivity contribution in [3.63, 3.8) is 0 Å². The lowest BCUT2D eigenvalue weighted by Gasteiger charge is -2.10. The Kier molecular flexibility index (Phi) is 8.09. The maximum absolute atomic E-state index is 11.7. The number of rotatable bonds is 6. The molecule has 0 amide bonds. The summed E-state index contributed by atoms with van der Waals surface area (Å²) in [5, 5.41) is 0.343. The van der Waals surface area contributed by atoms with Crippen molar-refractivity contribution >= 4 is 17.7 Å².